The highest BCUT2D eigenvalue weighted by Gasteiger charge is 2.43. The molecule has 35 heavy (non-hydrogen) atoms. The van der Waals surface area contributed by atoms with Crippen molar-refractivity contribution in [1.82, 2.24) is 0 Å². The van der Waals surface area contributed by atoms with Crippen LogP contribution in [0.2, 0.25) is 0 Å². The average Bonchev–Trinajstić information content (AvgIpc) is 2.78. The van der Waals surface area contributed by atoms with E-state index in [1.807, 2.05) is 52.0 Å². The molecule has 2 aliphatic rings. The number of Topliss-reactive ketones (excluding diaryl/α,β-unsaturated/α-hetero) is 1. The third kappa shape index (κ3) is 4.92. The monoisotopic (exact) mass is 471 g/mol. The molecule has 7 heteroatoms. The third-order valence-corrected chi connectivity index (χ3v) is 6.38. The van der Waals surface area contributed by atoms with Gasteiger partial charge in [-0.2, -0.15) is 5.26 Å². The second kappa shape index (κ2) is 9.30. The molecule has 1 amide bonds. The fraction of sp³-hybridized carbons (Fsp3) is 0.321. The first-order valence-electron chi connectivity index (χ1n) is 11.5. The van der Waals surface area contributed by atoms with Crippen LogP contribution in [0.3, 0.4) is 0 Å². The zero-order chi connectivity index (χ0) is 25.3. The molecule has 0 aromatic heterocycles. The maximum absolute atomic E-state index is 13.1. The molecule has 0 saturated carbocycles. The molecule has 1 atom stereocenters. The number of anilines is 1. The molecule has 1 heterocycles. The van der Waals surface area contributed by atoms with Crippen LogP contribution in [0.1, 0.15) is 49.3 Å². The van der Waals surface area contributed by atoms with Gasteiger partial charge in [-0.05, 0) is 48.1 Å². The Balaban J connectivity index is 1.58. The van der Waals surface area contributed by atoms with Gasteiger partial charge in [-0.15, -0.1) is 0 Å². The fourth-order valence-corrected chi connectivity index (χ4v) is 4.74. The number of nitrogens with two attached hydrogens (primary N) is 1. The largest absolute Gasteiger partial charge is 0.484 e. The number of aryl methyl sites for hydroxylation is 2. The summed E-state index contributed by atoms with van der Waals surface area (Å²) in [5.74, 6) is 0.0101. The summed E-state index contributed by atoms with van der Waals surface area (Å²) in [5.41, 5.74) is 9.91. The molecule has 7 nitrogen and oxygen atoms in total. The SMILES string of the molecule is Cc1cccc(C)c1NC(=O)COc1cccc(C2C(C#N)=C(N)OC3=C2C(=O)CC(C)(C)C3)c1. The lowest BCUT2D eigenvalue weighted by Crippen LogP contribution is -2.33. The van der Waals surface area contributed by atoms with Gasteiger partial charge in [0.15, 0.2) is 12.4 Å². The molecule has 0 bridgehead atoms. The zero-order valence-electron chi connectivity index (χ0n) is 20.4. The summed E-state index contributed by atoms with van der Waals surface area (Å²) in [6, 6.07) is 15.0. The molecule has 2 aromatic rings. The van der Waals surface area contributed by atoms with E-state index in [0.717, 1.165) is 16.8 Å². The van der Waals surface area contributed by atoms with Crippen molar-refractivity contribution >= 4 is 17.4 Å². The number of nitrogens with zero attached hydrogens (tertiary/aromatic N) is 1. The maximum Gasteiger partial charge on any atom is 0.262 e. The normalized spacial score (nSPS) is 18.9. The summed E-state index contributed by atoms with van der Waals surface area (Å²) >= 11 is 0. The Morgan fingerprint density at radius 3 is 2.57 bits per heavy atom. The van der Waals surface area contributed by atoms with Crippen LogP contribution in [0.4, 0.5) is 5.69 Å². The summed E-state index contributed by atoms with van der Waals surface area (Å²) in [7, 11) is 0. The van der Waals surface area contributed by atoms with Crippen molar-refractivity contribution in [2.75, 3.05) is 11.9 Å². The van der Waals surface area contributed by atoms with Crippen molar-refractivity contribution < 1.29 is 19.1 Å². The van der Waals surface area contributed by atoms with E-state index in [1.165, 1.54) is 0 Å². The minimum Gasteiger partial charge on any atom is -0.484 e. The third-order valence-electron chi connectivity index (χ3n) is 6.38. The lowest BCUT2D eigenvalue weighted by Gasteiger charge is -2.37. The van der Waals surface area contributed by atoms with Gasteiger partial charge in [-0.3, -0.25) is 9.59 Å². The van der Waals surface area contributed by atoms with Crippen molar-refractivity contribution in [3.8, 4) is 11.8 Å². The number of carbonyl (C=O) groups excluding carboxylic acids is 2. The van der Waals surface area contributed by atoms with Gasteiger partial charge < -0.3 is 20.5 Å². The maximum atomic E-state index is 13.1. The van der Waals surface area contributed by atoms with E-state index < -0.39 is 5.92 Å². The first kappa shape index (κ1) is 24.1. The first-order chi connectivity index (χ1) is 16.6. The van der Waals surface area contributed by atoms with Gasteiger partial charge >= 0.3 is 0 Å². The first-order valence-corrected chi connectivity index (χ1v) is 11.5. The van der Waals surface area contributed by atoms with E-state index in [-0.39, 0.29) is 35.2 Å². The number of carbonyl (C=O) groups is 2. The molecule has 0 radical (unpaired) electrons. The number of hydrogen-bond donors (Lipinski definition) is 2. The molecule has 180 valence electrons. The van der Waals surface area contributed by atoms with E-state index >= 15 is 0 Å². The van der Waals surface area contributed by atoms with Gasteiger partial charge in [-0.25, -0.2) is 0 Å². The predicted molar refractivity (Wildman–Crippen MR) is 132 cm³/mol. The van der Waals surface area contributed by atoms with Crippen LogP contribution in [-0.4, -0.2) is 18.3 Å². The van der Waals surface area contributed by atoms with Gasteiger partial charge in [0.1, 0.15) is 23.2 Å². The number of ketones is 1. The molecule has 3 N–H and O–H groups in total. The van der Waals surface area contributed by atoms with E-state index in [0.29, 0.717) is 35.5 Å². The highest BCUT2D eigenvalue weighted by molar-refractivity contribution is 6.00. The van der Waals surface area contributed by atoms with Crippen molar-refractivity contribution in [3.63, 3.8) is 0 Å². The van der Waals surface area contributed by atoms with Gasteiger partial charge in [0.2, 0.25) is 5.88 Å². The van der Waals surface area contributed by atoms with Crippen molar-refractivity contribution in [2.45, 2.75) is 46.5 Å². The van der Waals surface area contributed by atoms with Crippen molar-refractivity contribution in [3.05, 3.63) is 81.9 Å². The number of amides is 1. The molecule has 0 fully saturated rings. The second-order valence-electron chi connectivity index (χ2n) is 9.88. The second-order valence-corrected chi connectivity index (χ2v) is 9.88. The van der Waals surface area contributed by atoms with Crippen molar-refractivity contribution in [1.29, 1.82) is 5.26 Å². The van der Waals surface area contributed by atoms with E-state index in [9.17, 15) is 14.9 Å². The smallest absolute Gasteiger partial charge is 0.262 e. The molecular weight excluding hydrogens is 442 g/mol. The summed E-state index contributed by atoms with van der Waals surface area (Å²) in [6.45, 7) is 7.69. The average molecular weight is 472 g/mol. The van der Waals surface area contributed by atoms with Gasteiger partial charge in [-0.1, -0.05) is 44.2 Å². The summed E-state index contributed by atoms with van der Waals surface area (Å²) in [4.78, 5) is 25.7. The van der Waals surface area contributed by atoms with Crippen LogP contribution in [-0.2, 0) is 14.3 Å². The number of benzene rings is 2. The Kier molecular flexibility index (Phi) is 6.40. The molecular formula is C28H29N3O4. The van der Waals surface area contributed by atoms with Crippen LogP contribution in [0, 0.1) is 30.6 Å². The molecule has 1 aliphatic carbocycles. The number of allylic oxidation sites excluding steroid dienone is 3. The highest BCUT2D eigenvalue weighted by Crippen LogP contribution is 2.48. The Labute approximate surface area is 205 Å². The number of nitriles is 1. The van der Waals surface area contributed by atoms with Gasteiger partial charge in [0, 0.05) is 24.1 Å². The quantitative estimate of drug-likeness (QED) is 0.649. The topological polar surface area (TPSA) is 114 Å². The van der Waals surface area contributed by atoms with Crippen molar-refractivity contribution in [2.24, 2.45) is 11.1 Å². The predicted octanol–water partition coefficient (Wildman–Crippen LogP) is 4.77. The van der Waals surface area contributed by atoms with Crippen LogP contribution in [0.5, 0.6) is 5.75 Å². The Morgan fingerprint density at radius 1 is 1.20 bits per heavy atom. The molecule has 4 rings (SSSR count). The number of rotatable bonds is 5. The van der Waals surface area contributed by atoms with E-state index in [1.54, 1.807) is 18.2 Å². The summed E-state index contributed by atoms with van der Waals surface area (Å²) in [5, 5.41) is 12.7. The molecule has 1 aliphatic heterocycles. The fourth-order valence-electron chi connectivity index (χ4n) is 4.74. The number of ether oxygens (including phenoxy) is 2. The molecule has 2 aromatic carbocycles. The van der Waals surface area contributed by atoms with Gasteiger partial charge in [0.05, 0.1) is 5.92 Å². The van der Waals surface area contributed by atoms with E-state index in [4.69, 9.17) is 15.2 Å². The van der Waals surface area contributed by atoms with E-state index in [2.05, 4.69) is 11.4 Å². The molecule has 0 spiro atoms. The Bertz CT molecular complexity index is 1290. The van der Waals surface area contributed by atoms with Crippen LogP contribution in [0.25, 0.3) is 0 Å². The lowest BCUT2D eigenvalue weighted by atomic mass is 9.70. The minimum absolute atomic E-state index is 0.0149. The lowest BCUT2D eigenvalue weighted by molar-refractivity contribution is -0.119. The number of para-hydroxylation sites is 1. The Morgan fingerprint density at radius 2 is 1.89 bits per heavy atom. The van der Waals surface area contributed by atoms with Gasteiger partial charge in [0.25, 0.3) is 5.91 Å². The molecule has 0 saturated heterocycles. The molecule has 1 unspecified atom stereocenters. The minimum atomic E-state index is -0.639. The number of nitrogens with one attached hydrogen (secondary N) is 1. The summed E-state index contributed by atoms with van der Waals surface area (Å²) < 4.78 is 11.5. The van der Waals surface area contributed by atoms with Crippen LogP contribution in [0.15, 0.2) is 65.3 Å². The zero-order valence-corrected chi connectivity index (χ0v) is 20.4. The standard InChI is InChI=1S/C28H29N3O4/c1-16-7-5-8-17(2)26(16)31-23(33)15-34-19-10-6-9-18(11-19)24-20(14-29)27(30)35-22-13-28(3,4)12-21(32)25(22)24/h5-11,24H,12-13,15,30H2,1-4H3,(H,31,33). The Hall–Kier alpha value is -4.05. The summed E-state index contributed by atoms with van der Waals surface area (Å²) in [6.07, 6.45) is 0.914. The number of hydrogen-bond acceptors (Lipinski definition) is 6. The van der Waals surface area contributed by atoms with Crippen LogP contribution >= 0.6 is 0 Å². The van der Waals surface area contributed by atoms with Crippen LogP contribution < -0.4 is 15.8 Å². The highest BCUT2D eigenvalue weighted by atomic mass is 16.5.